The molecule has 0 spiro atoms. The van der Waals surface area contributed by atoms with Gasteiger partial charge in [-0.2, -0.15) is 11.8 Å². The molecule has 0 bridgehead atoms. The Morgan fingerprint density at radius 2 is 1.87 bits per heavy atom. The van der Waals surface area contributed by atoms with Gasteiger partial charge in [0.15, 0.2) is 5.96 Å². The van der Waals surface area contributed by atoms with E-state index < -0.39 is 0 Å². The Labute approximate surface area is 189 Å². The first-order chi connectivity index (χ1) is 14.7. The number of nitrogens with zero attached hydrogens (tertiary/aromatic N) is 2. The molecule has 0 aromatic heterocycles. The predicted molar refractivity (Wildman–Crippen MR) is 128 cm³/mol. The molecule has 1 saturated heterocycles. The van der Waals surface area contributed by atoms with Gasteiger partial charge in [-0.1, -0.05) is 18.2 Å². The summed E-state index contributed by atoms with van der Waals surface area (Å²) in [5.41, 5.74) is 0. The molecule has 1 heterocycles. The van der Waals surface area contributed by atoms with Gasteiger partial charge >= 0.3 is 0 Å². The molecule has 2 saturated carbocycles. The number of carbonyl (C=O) groups excluding carboxylic acids is 1. The van der Waals surface area contributed by atoms with Crippen LogP contribution in [0.1, 0.15) is 38.5 Å². The van der Waals surface area contributed by atoms with E-state index in [0.717, 1.165) is 62.8 Å². The Balaban J connectivity index is 1.20. The fourth-order valence-corrected chi connectivity index (χ4v) is 6.50. The summed E-state index contributed by atoms with van der Waals surface area (Å²) < 4.78 is 0.301. The average molecular weight is 447 g/mol. The summed E-state index contributed by atoms with van der Waals surface area (Å²) in [6.45, 7) is 2.80. The number of hydrogen-bond acceptors (Lipinski definition) is 4. The average Bonchev–Trinajstić information content (AvgIpc) is 3.57. The Hall–Kier alpha value is -1.34. The summed E-state index contributed by atoms with van der Waals surface area (Å²) in [5.74, 6) is 3.70. The van der Waals surface area contributed by atoms with Crippen LogP contribution in [0.3, 0.4) is 0 Å². The highest BCUT2D eigenvalue weighted by Gasteiger charge is 2.43. The standard InChI is InChI=1S/C23H34N4OS2/c1-24-22(25-17-23(11-12-23)30-20-5-3-2-4-6-20)26-19-9-7-18(8-10-19)21(28)27-13-15-29-16-14-27/h2-6,18-19H,7-17H2,1H3,(H2,24,25,26). The molecular formula is C23H34N4OS2. The maximum atomic E-state index is 12.8. The number of benzene rings is 1. The third-order valence-corrected chi connectivity index (χ3v) is 8.86. The lowest BCUT2D eigenvalue weighted by molar-refractivity contribution is -0.136. The second kappa shape index (κ2) is 10.3. The van der Waals surface area contributed by atoms with E-state index in [2.05, 4.69) is 50.9 Å². The first-order valence-electron chi connectivity index (χ1n) is 11.3. The van der Waals surface area contributed by atoms with Crippen LogP contribution in [0, 0.1) is 5.92 Å². The molecule has 2 aliphatic carbocycles. The van der Waals surface area contributed by atoms with E-state index in [1.165, 1.54) is 17.7 Å². The number of nitrogens with one attached hydrogen (secondary N) is 2. The molecule has 1 aliphatic heterocycles. The molecular weight excluding hydrogens is 412 g/mol. The summed E-state index contributed by atoms with van der Waals surface area (Å²) in [7, 11) is 1.85. The molecule has 30 heavy (non-hydrogen) atoms. The Kier molecular flexibility index (Phi) is 7.52. The van der Waals surface area contributed by atoms with Crippen LogP contribution in [-0.2, 0) is 4.79 Å². The van der Waals surface area contributed by atoms with Crippen molar-refractivity contribution in [3.05, 3.63) is 30.3 Å². The third kappa shape index (κ3) is 5.88. The van der Waals surface area contributed by atoms with Gasteiger partial charge < -0.3 is 15.5 Å². The number of aliphatic imine (C=N–C) groups is 1. The lowest BCUT2D eigenvalue weighted by Crippen LogP contribution is -2.48. The van der Waals surface area contributed by atoms with Gasteiger partial charge in [-0.05, 0) is 50.7 Å². The van der Waals surface area contributed by atoms with Crippen LogP contribution < -0.4 is 10.6 Å². The van der Waals surface area contributed by atoms with Gasteiger partial charge in [0.25, 0.3) is 0 Å². The normalized spacial score (nSPS) is 26.2. The smallest absolute Gasteiger partial charge is 0.225 e. The number of amides is 1. The summed E-state index contributed by atoms with van der Waals surface area (Å²) in [5, 5.41) is 7.18. The van der Waals surface area contributed by atoms with E-state index in [-0.39, 0.29) is 5.92 Å². The number of guanidine groups is 1. The number of hydrogen-bond donors (Lipinski definition) is 2. The molecule has 2 N–H and O–H groups in total. The minimum atomic E-state index is 0.220. The van der Waals surface area contributed by atoms with E-state index >= 15 is 0 Å². The molecule has 5 nitrogen and oxygen atoms in total. The zero-order chi connectivity index (χ0) is 20.8. The highest BCUT2D eigenvalue weighted by Crippen LogP contribution is 2.51. The largest absolute Gasteiger partial charge is 0.355 e. The molecule has 0 unspecified atom stereocenters. The summed E-state index contributed by atoms with van der Waals surface area (Å²) >= 11 is 3.94. The van der Waals surface area contributed by atoms with Crippen molar-refractivity contribution < 1.29 is 4.79 Å². The van der Waals surface area contributed by atoms with Crippen molar-refractivity contribution in [3.8, 4) is 0 Å². The van der Waals surface area contributed by atoms with Crippen LogP contribution in [0.2, 0.25) is 0 Å². The lowest BCUT2D eigenvalue weighted by atomic mass is 9.85. The number of thioether (sulfide) groups is 2. The first kappa shape index (κ1) is 21.9. The molecule has 1 aromatic rings. The van der Waals surface area contributed by atoms with Crippen LogP contribution in [0.25, 0.3) is 0 Å². The van der Waals surface area contributed by atoms with Crippen molar-refractivity contribution >= 4 is 35.4 Å². The Morgan fingerprint density at radius 3 is 2.50 bits per heavy atom. The quantitative estimate of drug-likeness (QED) is 0.516. The molecule has 3 aliphatic rings. The van der Waals surface area contributed by atoms with Crippen LogP contribution in [0.15, 0.2) is 40.2 Å². The maximum absolute atomic E-state index is 12.8. The third-order valence-electron chi connectivity index (χ3n) is 6.43. The van der Waals surface area contributed by atoms with Crippen molar-refractivity contribution in [2.24, 2.45) is 10.9 Å². The fourth-order valence-electron chi connectivity index (χ4n) is 4.35. The van der Waals surface area contributed by atoms with Gasteiger partial charge in [0.05, 0.1) is 0 Å². The van der Waals surface area contributed by atoms with Crippen LogP contribution in [0.5, 0.6) is 0 Å². The van der Waals surface area contributed by atoms with E-state index in [1.807, 2.05) is 30.6 Å². The summed E-state index contributed by atoms with van der Waals surface area (Å²) in [6, 6.07) is 11.1. The molecule has 0 atom stereocenters. The van der Waals surface area contributed by atoms with Crippen molar-refractivity contribution in [2.75, 3.05) is 38.2 Å². The lowest BCUT2D eigenvalue weighted by Gasteiger charge is -2.34. The van der Waals surface area contributed by atoms with E-state index in [4.69, 9.17) is 0 Å². The van der Waals surface area contributed by atoms with Gasteiger partial charge in [-0.15, -0.1) is 11.8 Å². The number of rotatable bonds is 6. The molecule has 0 radical (unpaired) electrons. The molecule has 4 rings (SSSR count). The minimum absolute atomic E-state index is 0.220. The second-order valence-corrected chi connectivity index (χ2v) is 11.4. The van der Waals surface area contributed by atoms with E-state index in [1.54, 1.807) is 0 Å². The van der Waals surface area contributed by atoms with Gasteiger partial charge in [-0.3, -0.25) is 9.79 Å². The van der Waals surface area contributed by atoms with E-state index in [9.17, 15) is 4.79 Å². The van der Waals surface area contributed by atoms with Crippen LogP contribution in [-0.4, -0.2) is 65.7 Å². The van der Waals surface area contributed by atoms with Gasteiger partial charge in [0.2, 0.25) is 5.91 Å². The SMILES string of the molecule is CN=C(NCC1(Sc2ccccc2)CC1)NC1CCC(C(=O)N2CCSCC2)CC1. The van der Waals surface area contributed by atoms with Crippen molar-refractivity contribution in [2.45, 2.75) is 54.2 Å². The van der Waals surface area contributed by atoms with Crippen molar-refractivity contribution in [3.63, 3.8) is 0 Å². The Bertz CT molecular complexity index is 724. The highest BCUT2D eigenvalue weighted by molar-refractivity contribution is 8.01. The fraction of sp³-hybridized carbons (Fsp3) is 0.652. The van der Waals surface area contributed by atoms with Gasteiger partial charge in [-0.25, -0.2) is 0 Å². The monoisotopic (exact) mass is 446 g/mol. The first-order valence-corrected chi connectivity index (χ1v) is 13.2. The highest BCUT2D eigenvalue weighted by atomic mass is 32.2. The molecule has 3 fully saturated rings. The minimum Gasteiger partial charge on any atom is -0.355 e. The Morgan fingerprint density at radius 1 is 1.17 bits per heavy atom. The molecule has 1 amide bonds. The zero-order valence-electron chi connectivity index (χ0n) is 17.9. The van der Waals surface area contributed by atoms with E-state index in [0.29, 0.717) is 16.7 Å². The van der Waals surface area contributed by atoms with Crippen molar-refractivity contribution in [1.82, 2.24) is 15.5 Å². The zero-order valence-corrected chi connectivity index (χ0v) is 19.6. The summed E-state index contributed by atoms with van der Waals surface area (Å²) in [6.07, 6.45) is 6.57. The summed E-state index contributed by atoms with van der Waals surface area (Å²) in [4.78, 5) is 20.7. The predicted octanol–water partition coefficient (Wildman–Crippen LogP) is 3.61. The number of carbonyl (C=O) groups is 1. The topological polar surface area (TPSA) is 56.7 Å². The maximum Gasteiger partial charge on any atom is 0.225 e. The molecule has 164 valence electrons. The van der Waals surface area contributed by atoms with Crippen LogP contribution in [0.4, 0.5) is 0 Å². The molecule has 1 aromatic carbocycles. The molecule has 7 heteroatoms. The van der Waals surface area contributed by atoms with Crippen molar-refractivity contribution in [1.29, 1.82) is 0 Å². The van der Waals surface area contributed by atoms with Gasteiger partial charge in [0.1, 0.15) is 0 Å². The second-order valence-electron chi connectivity index (χ2n) is 8.65. The van der Waals surface area contributed by atoms with Gasteiger partial charge in [0, 0.05) is 59.8 Å². The van der Waals surface area contributed by atoms with Crippen LogP contribution >= 0.6 is 23.5 Å².